The molecule has 444 valence electrons. The van der Waals surface area contributed by atoms with Gasteiger partial charge in [0, 0.05) is 57.8 Å². The third-order valence-corrected chi connectivity index (χ3v) is 13.4. The van der Waals surface area contributed by atoms with Gasteiger partial charge in [0.2, 0.25) is 17.7 Å². The summed E-state index contributed by atoms with van der Waals surface area (Å²) in [5.74, 6) is -3.08. The zero-order chi connectivity index (χ0) is 56.3. The van der Waals surface area contributed by atoms with Gasteiger partial charge in [0.25, 0.3) is 0 Å². The van der Waals surface area contributed by atoms with E-state index >= 15 is 0 Å². The Morgan fingerprint density at radius 2 is 0.434 bits per heavy atom. The average Bonchev–Trinajstić information content (AvgIpc) is 3.37. The summed E-state index contributed by atoms with van der Waals surface area (Å²) >= 11 is 0. The maximum absolute atomic E-state index is 11.7. The van der Waals surface area contributed by atoms with E-state index in [1.807, 2.05) is 0 Å². The molecule has 0 atom stereocenters. The third-order valence-electron chi connectivity index (χ3n) is 13.4. The maximum Gasteiger partial charge on any atom is 0.323 e. The molecule has 76 heavy (non-hydrogen) atoms. The van der Waals surface area contributed by atoms with Crippen LogP contribution in [0.1, 0.15) is 290 Å². The number of carbonyl (C=O) groups is 6. The molecule has 0 radical (unpaired) electrons. The van der Waals surface area contributed by atoms with Crippen LogP contribution >= 0.6 is 0 Å². The maximum atomic E-state index is 11.7. The van der Waals surface area contributed by atoms with E-state index < -0.39 is 17.9 Å². The Bertz CT molecular complexity index is 1270. The number of allylic oxidation sites excluding steroid dienone is 6. The predicted molar refractivity (Wildman–Crippen MR) is 314 cm³/mol. The molecular weight excluding hydrogens is 995 g/mol. The van der Waals surface area contributed by atoms with Crippen LogP contribution in [0.25, 0.3) is 0 Å². The number of nitrogens with zero attached hydrogens (tertiary/aromatic N) is 3. The molecule has 0 aliphatic rings. The molecule has 0 aliphatic carbocycles. The largest absolute Gasteiger partial charge is 0.480 e. The van der Waals surface area contributed by atoms with Gasteiger partial charge in [0.15, 0.2) is 0 Å². The standard InChI is InChI=1S/3C21H39NO3.Cr/c3*1-3-4-5-6-7-8-9-10-11-12-13-14-15-16-17-18-20(23)22(2)19-21(24)25;/h3*10-11H,3-9,12-19H2,1-2H3,(H,24,25);/b3*11-10-;. The van der Waals surface area contributed by atoms with Crippen molar-refractivity contribution in [1.82, 2.24) is 14.7 Å². The molecule has 13 heteroatoms. The summed E-state index contributed by atoms with van der Waals surface area (Å²) in [7, 11) is 4.65. The van der Waals surface area contributed by atoms with E-state index in [9.17, 15) is 28.8 Å². The van der Waals surface area contributed by atoms with Crippen LogP contribution in [-0.4, -0.2) is 106 Å². The van der Waals surface area contributed by atoms with Crippen molar-refractivity contribution in [3.63, 3.8) is 0 Å². The second kappa shape index (κ2) is 64.1. The van der Waals surface area contributed by atoms with E-state index in [2.05, 4.69) is 57.2 Å². The molecule has 0 aromatic carbocycles. The van der Waals surface area contributed by atoms with E-state index in [4.69, 9.17) is 15.3 Å². The van der Waals surface area contributed by atoms with Crippen LogP contribution in [0.3, 0.4) is 0 Å². The van der Waals surface area contributed by atoms with E-state index in [1.54, 1.807) is 21.1 Å². The molecule has 12 nitrogen and oxygen atoms in total. The predicted octanol–water partition coefficient (Wildman–Crippen LogP) is 16.7. The zero-order valence-corrected chi connectivity index (χ0v) is 51.1. The van der Waals surface area contributed by atoms with Gasteiger partial charge in [0.05, 0.1) is 0 Å². The second-order valence-corrected chi connectivity index (χ2v) is 20.9. The molecule has 3 N–H and O–H groups in total. The van der Waals surface area contributed by atoms with Gasteiger partial charge in [-0.15, -0.1) is 0 Å². The van der Waals surface area contributed by atoms with Gasteiger partial charge in [-0.25, -0.2) is 0 Å². The fourth-order valence-electron chi connectivity index (χ4n) is 8.49. The third kappa shape index (κ3) is 66.7. The Kier molecular flexibility index (Phi) is 66.7. The number of likely N-dealkylation sites (N-methyl/N-ethyl adjacent to an activating group) is 3. The van der Waals surface area contributed by atoms with Crippen molar-refractivity contribution >= 4 is 35.6 Å². The van der Waals surface area contributed by atoms with Crippen molar-refractivity contribution < 1.29 is 61.4 Å². The van der Waals surface area contributed by atoms with Crippen molar-refractivity contribution in [3.05, 3.63) is 36.5 Å². The van der Waals surface area contributed by atoms with Gasteiger partial charge in [-0.2, -0.15) is 0 Å². The molecule has 0 unspecified atom stereocenters. The minimum absolute atomic E-state index is 0. The minimum atomic E-state index is -0.958. The molecular formula is C63H117CrN3O9. The van der Waals surface area contributed by atoms with E-state index in [1.165, 1.54) is 188 Å². The van der Waals surface area contributed by atoms with E-state index in [0.29, 0.717) is 19.3 Å². The van der Waals surface area contributed by atoms with E-state index in [0.717, 1.165) is 77.0 Å². The summed E-state index contributed by atoms with van der Waals surface area (Å²) in [5, 5.41) is 25.9. The molecule has 0 aromatic rings. The van der Waals surface area contributed by atoms with Crippen LogP contribution in [0.4, 0.5) is 0 Å². The topological polar surface area (TPSA) is 173 Å². The zero-order valence-electron chi connectivity index (χ0n) is 49.8. The van der Waals surface area contributed by atoms with Crippen molar-refractivity contribution in [1.29, 1.82) is 0 Å². The number of amides is 3. The molecule has 0 aliphatic heterocycles. The van der Waals surface area contributed by atoms with Crippen LogP contribution in [-0.2, 0) is 46.1 Å². The van der Waals surface area contributed by atoms with Gasteiger partial charge >= 0.3 is 17.9 Å². The van der Waals surface area contributed by atoms with Gasteiger partial charge in [-0.1, -0.05) is 211 Å². The summed E-state index contributed by atoms with van der Waals surface area (Å²) in [6, 6.07) is 0. The van der Waals surface area contributed by atoms with Crippen molar-refractivity contribution in [2.24, 2.45) is 0 Å². The molecule has 0 aromatic heterocycles. The monoisotopic (exact) mass is 1110 g/mol. The van der Waals surface area contributed by atoms with Crippen molar-refractivity contribution in [3.8, 4) is 0 Å². The number of carboxylic acids is 3. The molecule has 0 heterocycles. The van der Waals surface area contributed by atoms with Crippen LogP contribution in [0.15, 0.2) is 36.5 Å². The molecule has 0 fully saturated rings. The number of hydrogen-bond acceptors (Lipinski definition) is 6. The number of carboxylic acid groups (broad SMARTS) is 3. The molecule has 0 saturated carbocycles. The molecule has 0 rings (SSSR count). The quantitative estimate of drug-likeness (QED) is 0.0396. The van der Waals surface area contributed by atoms with Gasteiger partial charge in [-0.05, 0) is 96.3 Å². The average molecular weight is 1110 g/mol. The molecule has 0 bridgehead atoms. The summed E-state index contributed by atoms with van der Waals surface area (Å²) < 4.78 is 0. The Labute approximate surface area is 477 Å². The van der Waals surface area contributed by atoms with Gasteiger partial charge in [0.1, 0.15) is 19.6 Å². The van der Waals surface area contributed by atoms with Crippen LogP contribution in [0.2, 0.25) is 0 Å². The number of unbranched alkanes of at least 4 members (excludes halogenated alkanes) is 33. The minimum Gasteiger partial charge on any atom is -0.480 e. The first-order valence-electron chi connectivity index (χ1n) is 30.5. The fraction of sp³-hybridized carbons (Fsp3) is 0.810. The van der Waals surface area contributed by atoms with Gasteiger partial charge in [-0.3, -0.25) is 28.8 Å². The van der Waals surface area contributed by atoms with Gasteiger partial charge < -0.3 is 30.0 Å². The first kappa shape index (κ1) is 79.1. The van der Waals surface area contributed by atoms with Crippen LogP contribution < -0.4 is 0 Å². The Hall–Kier alpha value is -3.43. The normalized spacial score (nSPS) is 11.0. The number of carbonyl (C=O) groups excluding carboxylic acids is 3. The summed E-state index contributed by atoms with van der Waals surface area (Å²) in [5.41, 5.74) is 0. The van der Waals surface area contributed by atoms with Crippen LogP contribution in [0, 0.1) is 0 Å². The fourth-order valence-corrected chi connectivity index (χ4v) is 8.49. The Balaban J connectivity index is -0.000000508. The number of aliphatic carboxylic acids is 3. The Morgan fingerprint density at radius 1 is 0.276 bits per heavy atom. The summed E-state index contributed by atoms with van der Waals surface area (Å²) in [6.45, 7) is 6.15. The van der Waals surface area contributed by atoms with Crippen molar-refractivity contribution in [2.75, 3.05) is 40.8 Å². The first-order chi connectivity index (χ1) is 36.2. The number of hydrogen-bond donors (Lipinski definition) is 3. The smallest absolute Gasteiger partial charge is 0.323 e. The van der Waals surface area contributed by atoms with E-state index in [-0.39, 0.29) is 54.7 Å². The molecule has 0 saturated heterocycles. The second-order valence-electron chi connectivity index (χ2n) is 20.9. The number of rotatable bonds is 51. The molecule has 0 spiro atoms. The Morgan fingerprint density at radius 3 is 0.605 bits per heavy atom. The SMILES string of the molecule is CCCCCCCC/C=C\CCCCCCCC(=O)N(C)CC(=O)O.CCCCCCCC/C=C\CCCCCCCC(=O)N(C)CC(=O)O.CCCCCCCC/C=C\CCCCCCCC(=O)N(C)CC(=O)O.[Cr]. The summed E-state index contributed by atoms with van der Waals surface area (Å²) in [6.07, 6.45) is 63.4. The van der Waals surface area contributed by atoms with Crippen LogP contribution in [0.5, 0.6) is 0 Å². The first-order valence-corrected chi connectivity index (χ1v) is 30.5. The summed E-state index contributed by atoms with van der Waals surface area (Å²) in [4.78, 5) is 70.4. The van der Waals surface area contributed by atoms with Crippen molar-refractivity contribution in [2.45, 2.75) is 290 Å². The molecule has 3 amide bonds.